The summed E-state index contributed by atoms with van der Waals surface area (Å²) in [6.07, 6.45) is 6.27. The normalized spacial score (nSPS) is 15.3. The average Bonchev–Trinajstić information content (AvgIpc) is 3.24. The van der Waals surface area contributed by atoms with Crippen LogP contribution in [0.5, 0.6) is 5.75 Å². The molecule has 0 fully saturated rings. The molecule has 1 aliphatic rings. The zero-order valence-corrected chi connectivity index (χ0v) is 17.8. The molecule has 5 nitrogen and oxygen atoms in total. The van der Waals surface area contributed by atoms with Gasteiger partial charge < -0.3 is 4.74 Å². The number of amides is 1. The van der Waals surface area contributed by atoms with Gasteiger partial charge in [-0.1, -0.05) is 31.9 Å². The molecule has 3 aromatic rings. The Morgan fingerprint density at radius 3 is 2.42 bits per heavy atom. The van der Waals surface area contributed by atoms with Gasteiger partial charge in [0.05, 0.1) is 18.8 Å². The van der Waals surface area contributed by atoms with Crippen molar-refractivity contribution in [1.82, 2.24) is 9.78 Å². The molecule has 0 radical (unpaired) electrons. The van der Waals surface area contributed by atoms with Crippen molar-refractivity contribution in [3.8, 4) is 18.1 Å². The second-order valence-corrected chi connectivity index (χ2v) is 8.00. The maximum Gasteiger partial charge on any atom is 0.277 e. The topological polar surface area (TPSA) is 47.4 Å². The summed E-state index contributed by atoms with van der Waals surface area (Å²) in [6.45, 7) is 4.42. The van der Waals surface area contributed by atoms with Gasteiger partial charge in [0.25, 0.3) is 5.91 Å². The lowest BCUT2D eigenvalue weighted by atomic mass is 9.95. The Bertz CT molecular complexity index is 1140. The molecule has 0 saturated heterocycles. The number of halogens is 1. The number of carbonyl (C=O) groups excluding carboxylic acids is 1. The van der Waals surface area contributed by atoms with Gasteiger partial charge >= 0.3 is 0 Å². The number of rotatable bonds is 6. The van der Waals surface area contributed by atoms with Gasteiger partial charge in [-0.3, -0.25) is 9.69 Å². The van der Waals surface area contributed by atoms with E-state index in [0.717, 1.165) is 22.5 Å². The quantitative estimate of drug-likeness (QED) is 0.550. The summed E-state index contributed by atoms with van der Waals surface area (Å²) >= 11 is 0. The molecule has 2 aromatic carbocycles. The van der Waals surface area contributed by atoms with E-state index in [2.05, 4.69) is 19.8 Å². The molecule has 1 aliphatic heterocycles. The predicted octanol–water partition coefficient (Wildman–Crippen LogP) is 4.61. The number of nitrogens with zero attached hydrogens (tertiary/aromatic N) is 3. The number of benzene rings is 2. The summed E-state index contributed by atoms with van der Waals surface area (Å²) in [4.78, 5) is 15.4. The van der Waals surface area contributed by atoms with Crippen LogP contribution in [0.4, 0.5) is 10.1 Å². The molecule has 0 N–H and O–H groups in total. The Morgan fingerprint density at radius 1 is 1.16 bits per heavy atom. The molecular formula is C25H24FN3O2. The fourth-order valence-corrected chi connectivity index (χ4v) is 4.11. The fourth-order valence-electron chi connectivity index (χ4n) is 4.11. The number of ether oxygens (including phenoxy) is 1. The largest absolute Gasteiger partial charge is 0.497 e. The first-order valence-electron chi connectivity index (χ1n) is 10.2. The van der Waals surface area contributed by atoms with Gasteiger partial charge in [-0.05, 0) is 54.3 Å². The average molecular weight is 417 g/mol. The van der Waals surface area contributed by atoms with E-state index in [1.807, 2.05) is 24.3 Å². The lowest BCUT2D eigenvalue weighted by Crippen LogP contribution is -2.30. The Hall–Kier alpha value is -3.59. The number of methoxy groups -OCH3 is 1. The van der Waals surface area contributed by atoms with Crippen LogP contribution in [-0.4, -0.2) is 22.8 Å². The number of hydrogen-bond acceptors (Lipinski definition) is 3. The number of aromatic nitrogens is 2. The highest BCUT2D eigenvalue weighted by atomic mass is 19.1. The van der Waals surface area contributed by atoms with Gasteiger partial charge in [0.2, 0.25) is 0 Å². The van der Waals surface area contributed by atoms with Gasteiger partial charge in [0.1, 0.15) is 23.8 Å². The van der Waals surface area contributed by atoms with Crippen molar-refractivity contribution < 1.29 is 13.9 Å². The Morgan fingerprint density at radius 2 is 1.84 bits per heavy atom. The fraction of sp³-hybridized carbons (Fsp3) is 0.280. The van der Waals surface area contributed by atoms with Crippen molar-refractivity contribution in [2.75, 3.05) is 12.0 Å². The molecule has 6 heteroatoms. The lowest BCUT2D eigenvalue weighted by molar-refractivity contribution is 0.0984. The van der Waals surface area contributed by atoms with Crippen LogP contribution < -0.4 is 9.64 Å². The number of terminal acetylenes is 1. The lowest BCUT2D eigenvalue weighted by Gasteiger charge is -2.27. The minimum Gasteiger partial charge on any atom is -0.497 e. The molecule has 2 heterocycles. The van der Waals surface area contributed by atoms with Crippen molar-refractivity contribution in [2.45, 2.75) is 32.9 Å². The maximum atomic E-state index is 13.7. The van der Waals surface area contributed by atoms with Gasteiger partial charge in [-0.25, -0.2) is 9.07 Å². The first kappa shape index (κ1) is 20.7. The molecule has 0 spiro atoms. The third-order valence-electron chi connectivity index (χ3n) is 5.40. The Labute approximate surface area is 181 Å². The molecule has 1 unspecified atom stereocenters. The number of fused-ring (bicyclic) bond motifs is 1. The standard InChI is InChI=1S/C25H24FN3O2/c1-5-14-28-24-22(21(27-28)15-16(2)3)23(17-6-8-18(26)9-7-17)29(25(24)30)19-10-12-20(31-4)13-11-19/h1,6-13,16,23H,14-15H2,2-4H3. The van der Waals surface area contributed by atoms with Crippen LogP contribution in [0.3, 0.4) is 0 Å². The van der Waals surface area contributed by atoms with E-state index in [-0.39, 0.29) is 18.3 Å². The van der Waals surface area contributed by atoms with E-state index in [4.69, 9.17) is 16.3 Å². The number of carbonyl (C=O) groups is 1. The van der Waals surface area contributed by atoms with Crippen molar-refractivity contribution >= 4 is 11.6 Å². The predicted molar refractivity (Wildman–Crippen MR) is 118 cm³/mol. The Kier molecular flexibility index (Phi) is 5.51. The molecule has 4 rings (SSSR count). The summed E-state index contributed by atoms with van der Waals surface area (Å²) in [7, 11) is 1.60. The summed E-state index contributed by atoms with van der Waals surface area (Å²) in [5.41, 5.74) is 3.72. The van der Waals surface area contributed by atoms with Crippen LogP contribution in [0.1, 0.15) is 47.2 Å². The van der Waals surface area contributed by atoms with Gasteiger partial charge in [0, 0.05) is 11.3 Å². The van der Waals surface area contributed by atoms with Gasteiger partial charge in [-0.2, -0.15) is 5.10 Å². The molecular weight excluding hydrogens is 393 g/mol. The van der Waals surface area contributed by atoms with E-state index in [0.29, 0.717) is 23.8 Å². The van der Waals surface area contributed by atoms with Crippen molar-refractivity contribution in [3.05, 3.63) is 76.9 Å². The zero-order chi connectivity index (χ0) is 22.1. The van der Waals surface area contributed by atoms with Crippen molar-refractivity contribution in [2.24, 2.45) is 5.92 Å². The molecule has 158 valence electrons. The van der Waals surface area contributed by atoms with Crippen LogP contribution in [0, 0.1) is 24.1 Å². The van der Waals surface area contributed by atoms with E-state index in [1.54, 1.807) is 28.8 Å². The van der Waals surface area contributed by atoms with Gasteiger partial charge in [0.15, 0.2) is 0 Å². The zero-order valence-electron chi connectivity index (χ0n) is 17.8. The number of anilines is 1. The first-order chi connectivity index (χ1) is 14.9. The maximum absolute atomic E-state index is 13.7. The summed E-state index contributed by atoms with van der Waals surface area (Å²) in [5, 5.41) is 4.69. The summed E-state index contributed by atoms with van der Waals surface area (Å²) in [6, 6.07) is 13.2. The van der Waals surface area contributed by atoms with Crippen LogP contribution in [-0.2, 0) is 13.0 Å². The molecule has 0 bridgehead atoms. The Balaban J connectivity index is 1.93. The minimum absolute atomic E-state index is 0.174. The van der Waals surface area contributed by atoms with E-state index >= 15 is 0 Å². The molecule has 1 atom stereocenters. The van der Waals surface area contributed by atoms with Crippen molar-refractivity contribution in [3.63, 3.8) is 0 Å². The SMILES string of the molecule is C#CCn1nc(CC(C)C)c2c1C(=O)N(c1ccc(OC)cc1)C2c1ccc(F)cc1. The van der Waals surface area contributed by atoms with Crippen LogP contribution in [0.15, 0.2) is 48.5 Å². The molecule has 0 aliphatic carbocycles. The highest BCUT2D eigenvalue weighted by Crippen LogP contribution is 2.44. The molecule has 1 amide bonds. The first-order valence-corrected chi connectivity index (χ1v) is 10.2. The van der Waals surface area contributed by atoms with Crippen molar-refractivity contribution in [1.29, 1.82) is 0 Å². The molecule has 0 saturated carbocycles. The highest BCUT2D eigenvalue weighted by Gasteiger charge is 2.44. The third-order valence-corrected chi connectivity index (χ3v) is 5.40. The summed E-state index contributed by atoms with van der Waals surface area (Å²) in [5.74, 6) is 3.14. The second-order valence-electron chi connectivity index (χ2n) is 8.00. The monoisotopic (exact) mass is 417 g/mol. The second kappa shape index (κ2) is 8.27. The molecule has 31 heavy (non-hydrogen) atoms. The third kappa shape index (κ3) is 3.68. The van der Waals surface area contributed by atoms with Gasteiger partial charge in [-0.15, -0.1) is 6.42 Å². The van der Waals surface area contributed by atoms with Crippen LogP contribution >= 0.6 is 0 Å². The minimum atomic E-state index is -0.420. The number of hydrogen-bond donors (Lipinski definition) is 0. The van der Waals surface area contributed by atoms with E-state index in [9.17, 15) is 9.18 Å². The summed E-state index contributed by atoms with van der Waals surface area (Å²) < 4.78 is 20.6. The van der Waals surface area contributed by atoms with E-state index in [1.165, 1.54) is 12.1 Å². The van der Waals surface area contributed by atoms with Crippen LogP contribution in [0.2, 0.25) is 0 Å². The smallest absolute Gasteiger partial charge is 0.277 e. The highest BCUT2D eigenvalue weighted by molar-refractivity contribution is 6.11. The molecule has 1 aromatic heterocycles. The van der Waals surface area contributed by atoms with Crippen LogP contribution in [0.25, 0.3) is 0 Å². The van der Waals surface area contributed by atoms with E-state index < -0.39 is 6.04 Å².